The highest BCUT2D eigenvalue weighted by molar-refractivity contribution is 6.02. The number of ether oxygens (including phenoxy) is 1. The Labute approximate surface area is 147 Å². The molecule has 0 aromatic heterocycles. The van der Waals surface area contributed by atoms with Crippen molar-refractivity contribution in [2.75, 3.05) is 7.11 Å². The number of nitrogens with zero attached hydrogens (tertiary/aromatic N) is 1. The number of carboxylic acid groups (broad SMARTS) is 1. The standard InChI is InChI=1S/C19H24N2O4/c1-17(2)18(3)9-10-19(17,16(23)24)11-14(18)20-21-15(22)12-7-5-6-8-13(12)25-4/h5-8H,9-11H2,1-4H3,(H,21,22)(H,23,24). The molecule has 6 heteroatoms. The topological polar surface area (TPSA) is 88.0 Å². The van der Waals surface area contributed by atoms with Gasteiger partial charge in [-0.1, -0.05) is 32.9 Å². The van der Waals surface area contributed by atoms with Crippen LogP contribution >= 0.6 is 0 Å². The maximum absolute atomic E-state index is 12.5. The minimum atomic E-state index is -0.810. The van der Waals surface area contributed by atoms with Gasteiger partial charge in [0.15, 0.2) is 0 Å². The summed E-state index contributed by atoms with van der Waals surface area (Å²) in [6, 6.07) is 6.92. The molecule has 134 valence electrons. The third-order valence-electron chi connectivity index (χ3n) is 6.79. The molecule has 0 aliphatic heterocycles. The van der Waals surface area contributed by atoms with Crippen LogP contribution in [0.3, 0.4) is 0 Å². The van der Waals surface area contributed by atoms with Gasteiger partial charge in [0.2, 0.25) is 0 Å². The molecule has 2 bridgehead atoms. The number of aliphatic carboxylic acids is 1. The number of methoxy groups -OCH3 is 1. The Morgan fingerprint density at radius 1 is 1.20 bits per heavy atom. The fourth-order valence-corrected chi connectivity index (χ4v) is 4.54. The van der Waals surface area contributed by atoms with Crippen LogP contribution in [0.25, 0.3) is 0 Å². The highest BCUT2D eigenvalue weighted by Gasteiger charge is 2.71. The fraction of sp³-hybridized carbons (Fsp3) is 0.526. The normalized spacial score (nSPS) is 31.1. The number of carbonyl (C=O) groups excluding carboxylic acids is 1. The van der Waals surface area contributed by atoms with Crippen LogP contribution in [0.2, 0.25) is 0 Å². The number of hydrogen-bond acceptors (Lipinski definition) is 4. The van der Waals surface area contributed by atoms with Crippen molar-refractivity contribution in [3.8, 4) is 5.75 Å². The van der Waals surface area contributed by atoms with Crippen LogP contribution in [-0.4, -0.2) is 29.8 Å². The number of fused-ring (bicyclic) bond motifs is 2. The molecule has 1 amide bonds. The number of benzene rings is 1. The molecule has 2 N–H and O–H groups in total. The predicted octanol–water partition coefficient (Wildman–Crippen LogP) is 3.08. The zero-order chi connectivity index (χ0) is 18.5. The Morgan fingerprint density at radius 2 is 1.88 bits per heavy atom. The minimum Gasteiger partial charge on any atom is -0.496 e. The molecular weight excluding hydrogens is 320 g/mol. The number of carbonyl (C=O) groups is 2. The molecule has 1 aromatic carbocycles. The number of hydrogen-bond donors (Lipinski definition) is 2. The summed E-state index contributed by atoms with van der Waals surface area (Å²) in [6.45, 7) is 6.05. The molecule has 25 heavy (non-hydrogen) atoms. The van der Waals surface area contributed by atoms with E-state index in [0.29, 0.717) is 24.2 Å². The molecule has 0 radical (unpaired) electrons. The molecule has 2 fully saturated rings. The van der Waals surface area contributed by atoms with Crippen LogP contribution in [0.4, 0.5) is 0 Å². The molecule has 2 aliphatic rings. The number of para-hydroxylation sites is 1. The van der Waals surface area contributed by atoms with E-state index in [1.165, 1.54) is 7.11 Å². The van der Waals surface area contributed by atoms with Crippen LogP contribution in [0.15, 0.2) is 29.4 Å². The Kier molecular flexibility index (Phi) is 3.89. The molecule has 1 aromatic rings. The van der Waals surface area contributed by atoms with Gasteiger partial charge in [-0.25, -0.2) is 5.43 Å². The summed E-state index contributed by atoms with van der Waals surface area (Å²) in [5.74, 6) is -0.664. The van der Waals surface area contributed by atoms with Gasteiger partial charge in [-0.05, 0) is 30.4 Å². The third-order valence-corrected chi connectivity index (χ3v) is 6.79. The molecule has 0 spiro atoms. The van der Waals surface area contributed by atoms with E-state index in [9.17, 15) is 14.7 Å². The van der Waals surface area contributed by atoms with Gasteiger partial charge in [-0.15, -0.1) is 0 Å². The van der Waals surface area contributed by atoms with E-state index < -0.39 is 16.8 Å². The van der Waals surface area contributed by atoms with E-state index in [-0.39, 0.29) is 11.3 Å². The second-order valence-corrected chi connectivity index (χ2v) is 7.72. The van der Waals surface area contributed by atoms with Crippen LogP contribution in [-0.2, 0) is 4.79 Å². The molecule has 0 saturated heterocycles. The van der Waals surface area contributed by atoms with Crippen molar-refractivity contribution in [2.24, 2.45) is 21.3 Å². The number of hydrazone groups is 1. The van der Waals surface area contributed by atoms with E-state index in [1.54, 1.807) is 24.3 Å². The van der Waals surface area contributed by atoms with Gasteiger partial charge >= 0.3 is 5.97 Å². The van der Waals surface area contributed by atoms with Crippen molar-refractivity contribution >= 4 is 17.6 Å². The van der Waals surface area contributed by atoms with E-state index in [1.807, 2.05) is 13.8 Å². The van der Waals surface area contributed by atoms with Crippen molar-refractivity contribution in [1.82, 2.24) is 5.43 Å². The second kappa shape index (κ2) is 5.58. The van der Waals surface area contributed by atoms with Gasteiger partial charge in [0, 0.05) is 17.5 Å². The van der Waals surface area contributed by atoms with Gasteiger partial charge in [-0.3, -0.25) is 9.59 Å². The summed E-state index contributed by atoms with van der Waals surface area (Å²) >= 11 is 0. The zero-order valence-electron chi connectivity index (χ0n) is 15.0. The van der Waals surface area contributed by atoms with Crippen molar-refractivity contribution in [3.05, 3.63) is 29.8 Å². The fourth-order valence-electron chi connectivity index (χ4n) is 4.54. The van der Waals surface area contributed by atoms with Crippen LogP contribution in [0, 0.1) is 16.2 Å². The lowest BCUT2D eigenvalue weighted by molar-refractivity contribution is -0.154. The monoisotopic (exact) mass is 344 g/mol. The molecule has 2 atom stereocenters. The summed E-state index contributed by atoms with van der Waals surface area (Å²) < 4.78 is 5.20. The Hall–Kier alpha value is -2.37. The summed E-state index contributed by atoms with van der Waals surface area (Å²) in [6.07, 6.45) is 1.78. The first kappa shape index (κ1) is 17.5. The number of amides is 1. The van der Waals surface area contributed by atoms with Crippen molar-refractivity contribution < 1.29 is 19.4 Å². The maximum atomic E-state index is 12.5. The first-order valence-corrected chi connectivity index (χ1v) is 8.43. The average Bonchev–Trinajstić information content (AvgIpc) is 2.90. The molecule has 2 unspecified atom stereocenters. The molecular formula is C19H24N2O4. The maximum Gasteiger partial charge on any atom is 0.310 e. The smallest absolute Gasteiger partial charge is 0.310 e. The van der Waals surface area contributed by atoms with E-state index in [2.05, 4.69) is 17.5 Å². The first-order valence-electron chi connectivity index (χ1n) is 8.43. The van der Waals surface area contributed by atoms with Crippen molar-refractivity contribution in [1.29, 1.82) is 0 Å². The summed E-state index contributed by atoms with van der Waals surface area (Å²) in [7, 11) is 1.51. The molecule has 0 heterocycles. The minimum absolute atomic E-state index is 0.334. The molecule has 6 nitrogen and oxygen atoms in total. The van der Waals surface area contributed by atoms with E-state index in [4.69, 9.17) is 4.74 Å². The van der Waals surface area contributed by atoms with Gasteiger partial charge in [0.05, 0.1) is 18.1 Å². The molecule has 3 rings (SSSR count). The second-order valence-electron chi connectivity index (χ2n) is 7.72. The van der Waals surface area contributed by atoms with Crippen LogP contribution in [0.1, 0.15) is 50.4 Å². The van der Waals surface area contributed by atoms with Gasteiger partial charge in [-0.2, -0.15) is 5.10 Å². The van der Waals surface area contributed by atoms with Crippen LogP contribution < -0.4 is 10.2 Å². The van der Waals surface area contributed by atoms with Gasteiger partial charge in [0.1, 0.15) is 5.75 Å². The number of carboxylic acids is 1. The number of nitrogens with one attached hydrogen (secondary N) is 1. The predicted molar refractivity (Wildman–Crippen MR) is 93.7 cm³/mol. The summed E-state index contributed by atoms with van der Waals surface area (Å²) in [5.41, 5.74) is 2.19. The SMILES string of the molecule is COc1ccccc1C(=O)NN=C1CC2(C(=O)O)CCC1(C)C2(C)C. The zero-order valence-corrected chi connectivity index (χ0v) is 15.0. The highest BCUT2D eigenvalue weighted by atomic mass is 16.5. The Balaban J connectivity index is 1.89. The largest absolute Gasteiger partial charge is 0.496 e. The molecule has 2 saturated carbocycles. The lowest BCUT2D eigenvalue weighted by Gasteiger charge is -2.37. The summed E-state index contributed by atoms with van der Waals surface area (Å²) in [5, 5.41) is 14.2. The Morgan fingerprint density at radius 3 is 2.48 bits per heavy atom. The number of rotatable bonds is 4. The summed E-state index contributed by atoms with van der Waals surface area (Å²) in [4.78, 5) is 24.4. The highest BCUT2D eigenvalue weighted by Crippen LogP contribution is 2.70. The van der Waals surface area contributed by atoms with E-state index >= 15 is 0 Å². The average molecular weight is 344 g/mol. The van der Waals surface area contributed by atoms with E-state index in [0.717, 1.165) is 12.1 Å². The molecule has 2 aliphatic carbocycles. The lowest BCUT2D eigenvalue weighted by Crippen LogP contribution is -2.40. The third kappa shape index (κ3) is 2.19. The van der Waals surface area contributed by atoms with Crippen molar-refractivity contribution in [3.63, 3.8) is 0 Å². The Bertz CT molecular complexity index is 770. The van der Waals surface area contributed by atoms with Crippen molar-refractivity contribution in [2.45, 2.75) is 40.0 Å². The van der Waals surface area contributed by atoms with Crippen LogP contribution in [0.5, 0.6) is 5.75 Å². The van der Waals surface area contributed by atoms with Gasteiger partial charge in [0.25, 0.3) is 5.91 Å². The quantitative estimate of drug-likeness (QED) is 0.822. The lowest BCUT2D eigenvalue weighted by atomic mass is 9.65. The first-order chi connectivity index (χ1) is 11.7. The van der Waals surface area contributed by atoms with Gasteiger partial charge < -0.3 is 9.84 Å².